The second-order valence-electron chi connectivity index (χ2n) is 4.57. The fourth-order valence-corrected chi connectivity index (χ4v) is 1.92. The van der Waals surface area contributed by atoms with Crippen LogP contribution in [-0.4, -0.2) is 23.8 Å². The van der Waals surface area contributed by atoms with E-state index in [9.17, 15) is 0 Å². The topological polar surface area (TPSA) is 32.3 Å². The molecule has 0 aromatic heterocycles. The SMILES string of the molecule is CC(N[C@H](C)CCO)C(C)c1ccccc1. The molecule has 0 amide bonds. The van der Waals surface area contributed by atoms with Crippen LogP contribution < -0.4 is 5.32 Å². The summed E-state index contributed by atoms with van der Waals surface area (Å²) >= 11 is 0. The fourth-order valence-electron chi connectivity index (χ4n) is 1.92. The molecule has 0 bridgehead atoms. The van der Waals surface area contributed by atoms with E-state index in [1.807, 2.05) is 6.07 Å². The van der Waals surface area contributed by atoms with Gasteiger partial charge in [0.15, 0.2) is 0 Å². The Bertz CT molecular complexity index is 286. The number of hydrogen-bond donors (Lipinski definition) is 2. The molecule has 0 saturated heterocycles. The first-order valence-corrected chi connectivity index (χ1v) is 6.07. The largest absolute Gasteiger partial charge is 0.396 e. The van der Waals surface area contributed by atoms with E-state index in [0.717, 1.165) is 6.42 Å². The van der Waals surface area contributed by atoms with Crippen molar-refractivity contribution in [2.45, 2.75) is 45.2 Å². The van der Waals surface area contributed by atoms with Gasteiger partial charge in [0.25, 0.3) is 0 Å². The summed E-state index contributed by atoms with van der Waals surface area (Å²) in [5.74, 6) is 0.488. The highest BCUT2D eigenvalue weighted by Crippen LogP contribution is 2.18. The molecule has 0 aliphatic heterocycles. The second kappa shape index (κ2) is 6.66. The lowest BCUT2D eigenvalue weighted by Crippen LogP contribution is -2.38. The van der Waals surface area contributed by atoms with E-state index in [1.165, 1.54) is 5.56 Å². The lowest BCUT2D eigenvalue weighted by Gasteiger charge is -2.25. The highest BCUT2D eigenvalue weighted by Gasteiger charge is 2.15. The Balaban J connectivity index is 2.51. The van der Waals surface area contributed by atoms with E-state index in [4.69, 9.17) is 5.11 Å². The molecular formula is C14H23NO. The van der Waals surface area contributed by atoms with Crippen molar-refractivity contribution < 1.29 is 5.11 Å². The first kappa shape index (κ1) is 13.2. The Morgan fingerprint density at radius 1 is 1.12 bits per heavy atom. The average Bonchev–Trinajstić information content (AvgIpc) is 2.29. The molecule has 90 valence electrons. The maximum Gasteiger partial charge on any atom is 0.0445 e. The lowest BCUT2D eigenvalue weighted by molar-refractivity contribution is 0.261. The first-order chi connectivity index (χ1) is 7.65. The third-order valence-corrected chi connectivity index (χ3v) is 3.18. The van der Waals surface area contributed by atoms with Crippen molar-refractivity contribution in [3.05, 3.63) is 35.9 Å². The summed E-state index contributed by atoms with van der Waals surface area (Å²) in [5, 5.41) is 12.4. The molecular weight excluding hydrogens is 198 g/mol. The maximum atomic E-state index is 8.87. The summed E-state index contributed by atoms with van der Waals surface area (Å²) in [5.41, 5.74) is 1.36. The van der Waals surface area contributed by atoms with Crippen LogP contribution in [0, 0.1) is 0 Å². The van der Waals surface area contributed by atoms with Gasteiger partial charge in [-0.25, -0.2) is 0 Å². The third-order valence-electron chi connectivity index (χ3n) is 3.18. The van der Waals surface area contributed by atoms with Gasteiger partial charge in [-0.15, -0.1) is 0 Å². The monoisotopic (exact) mass is 221 g/mol. The smallest absolute Gasteiger partial charge is 0.0445 e. The zero-order chi connectivity index (χ0) is 12.0. The normalized spacial score (nSPS) is 16.8. The standard InChI is InChI=1S/C14H23NO/c1-11(9-10-16)15-13(3)12(2)14-7-5-4-6-8-14/h4-8,11-13,15-16H,9-10H2,1-3H3/t11-,12?,13?/m1/s1. The zero-order valence-electron chi connectivity index (χ0n) is 10.5. The molecule has 2 nitrogen and oxygen atoms in total. The number of aliphatic hydroxyl groups excluding tert-OH is 1. The molecule has 0 aliphatic rings. The molecule has 16 heavy (non-hydrogen) atoms. The minimum Gasteiger partial charge on any atom is -0.396 e. The molecule has 2 unspecified atom stereocenters. The van der Waals surface area contributed by atoms with Crippen molar-refractivity contribution in [2.75, 3.05) is 6.61 Å². The minimum absolute atomic E-state index is 0.251. The highest BCUT2D eigenvalue weighted by atomic mass is 16.3. The molecule has 1 rings (SSSR count). The van der Waals surface area contributed by atoms with Gasteiger partial charge in [0.2, 0.25) is 0 Å². The van der Waals surface area contributed by atoms with Crippen molar-refractivity contribution in [2.24, 2.45) is 0 Å². The Labute approximate surface area is 98.7 Å². The van der Waals surface area contributed by atoms with Crippen LogP contribution in [0.5, 0.6) is 0 Å². The van der Waals surface area contributed by atoms with Crippen molar-refractivity contribution in [1.29, 1.82) is 0 Å². The predicted molar refractivity (Wildman–Crippen MR) is 68.6 cm³/mol. The fraction of sp³-hybridized carbons (Fsp3) is 0.571. The van der Waals surface area contributed by atoms with Gasteiger partial charge in [-0.05, 0) is 31.7 Å². The molecule has 1 aromatic carbocycles. The average molecular weight is 221 g/mol. The summed E-state index contributed by atoms with van der Waals surface area (Å²) in [6.07, 6.45) is 0.811. The third kappa shape index (κ3) is 3.95. The van der Waals surface area contributed by atoms with Crippen molar-refractivity contribution in [1.82, 2.24) is 5.32 Å². The van der Waals surface area contributed by atoms with Gasteiger partial charge in [-0.1, -0.05) is 37.3 Å². The number of nitrogens with one attached hydrogen (secondary N) is 1. The van der Waals surface area contributed by atoms with E-state index >= 15 is 0 Å². The summed E-state index contributed by atoms with van der Waals surface area (Å²) in [6, 6.07) is 11.3. The van der Waals surface area contributed by atoms with E-state index in [1.54, 1.807) is 0 Å². The Hall–Kier alpha value is -0.860. The maximum absolute atomic E-state index is 8.87. The molecule has 2 N–H and O–H groups in total. The Morgan fingerprint density at radius 3 is 2.31 bits per heavy atom. The van der Waals surface area contributed by atoms with Gasteiger partial charge in [-0.3, -0.25) is 0 Å². The van der Waals surface area contributed by atoms with Gasteiger partial charge < -0.3 is 10.4 Å². The summed E-state index contributed by atoms with van der Waals surface area (Å²) in [6.45, 7) is 6.80. The van der Waals surface area contributed by atoms with Crippen molar-refractivity contribution in [3.63, 3.8) is 0 Å². The van der Waals surface area contributed by atoms with Crippen LogP contribution in [0.2, 0.25) is 0 Å². The predicted octanol–water partition coefficient (Wildman–Crippen LogP) is 2.54. The molecule has 2 heteroatoms. The molecule has 0 spiro atoms. The van der Waals surface area contributed by atoms with Crippen LogP contribution in [-0.2, 0) is 0 Å². The first-order valence-electron chi connectivity index (χ1n) is 6.07. The molecule has 1 aromatic rings. The zero-order valence-corrected chi connectivity index (χ0v) is 10.5. The Kier molecular flexibility index (Phi) is 5.50. The molecule has 0 fully saturated rings. The van der Waals surface area contributed by atoms with Crippen LogP contribution in [0.4, 0.5) is 0 Å². The summed E-state index contributed by atoms with van der Waals surface area (Å²) in [7, 11) is 0. The van der Waals surface area contributed by atoms with E-state index in [2.05, 4.69) is 50.4 Å². The summed E-state index contributed by atoms with van der Waals surface area (Å²) in [4.78, 5) is 0. The number of aliphatic hydroxyl groups is 1. The van der Waals surface area contributed by atoms with Gasteiger partial charge in [0, 0.05) is 18.7 Å². The summed E-state index contributed by atoms with van der Waals surface area (Å²) < 4.78 is 0. The van der Waals surface area contributed by atoms with Crippen LogP contribution >= 0.6 is 0 Å². The van der Waals surface area contributed by atoms with Crippen molar-refractivity contribution >= 4 is 0 Å². The van der Waals surface area contributed by atoms with E-state index < -0.39 is 0 Å². The van der Waals surface area contributed by atoms with Crippen LogP contribution in [0.1, 0.15) is 38.7 Å². The lowest BCUT2D eigenvalue weighted by atomic mass is 9.94. The highest BCUT2D eigenvalue weighted by molar-refractivity contribution is 5.20. The van der Waals surface area contributed by atoms with E-state index in [0.29, 0.717) is 18.0 Å². The number of rotatable bonds is 6. The number of hydrogen-bond acceptors (Lipinski definition) is 2. The molecule has 0 saturated carbocycles. The van der Waals surface area contributed by atoms with Crippen LogP contribution in [0.3, 0.4) is 0 Å². The number of benzene rings is 1. The quantitative estimate of drug-likeness (QED) is 0.773. The molecule has 0 heterocycles. The minimum atomic E-state index is 0.251. The van der Waals surface area contributed by atoms with Gasteiger partial charge in [0.1, 0.15) is 0 Å². The van der Waals surface area contributed by atoms with E-state index in [-0.39, 0.29) is 6.61 Å². The molecule has 0 aliphatic carbocycles. The second-order valence-corrected chi connectivity index (χ2v) is 4.57. The molecule has 0 radical (unpaired) electrons. The van der Waals surface area contributed by atoms with Gasteiger partial charge >= 0.3 is 0 Å². The molecule has 3 atom stereocenters. The Morgan fingerprint density at radius 2 is 1.75 bits per heavy atom. The van der Waals surface area contributed by atoms with Crippen LogP contribution in [0.15, 0.2) is 30.3 Å². The van der Waals surface area contributed by atoms with Crippen molar-refractivity contribution in [3.8, 4) is 0 Å². The van der Waals surface area contributed by atoms with Crippen LogP contribution in [0.25, 0.3) is 0 Å². The van der Waals surface area contributed by atoms with Gasteiger partial charge in [-0.2, -0.15) is 0 Å². The van der Waals surface area contributed by atoms with Gasteiger partial charge in [0.05, 0.1) is 0 Å².